The maximum Gasteiger partial charge on any atom is 0.251 e. The highest BCUT2D eigenvalue weighted by molar-refractivity contribution is 7.80. The molecule has 17 heavy (non-hydrogen) atoms. The minimum absolute atomic E-state index is 0.118. The Kier molecular flexibility index (Phi) is 4.99. The summed E-state index contributed by atoms with van der Waals surface area (Å²) in [6.07, 6.45) is 0. The summed E-state index contributed by atoms with van der Waals surface area (Å²) in [7, 11) is 0. The number of nitrogens with one attached hydrogen (secondary N) is 1. The average Bonchev–Trinajstić information content (AvgIpc) is 2.35. The van der Waals surface area contributed by atoms with E-state index in [1.807, 2.05) is 0 Å². The fraction of sp³-hybridized carbons (Fsp3) is 0.273. The van der Waals surface area contributed by atoms with Crippen molar-refractivity contribution in [1.82, 2.24) is 5.32 Å². The lowest BCUT2D eigenvalue weighted by molar-refractivity contribution is -0.119. The quantitative estimate of drug-likeness (QED) is 0.432. The number of hydrogen-bond donors (Lipinski definition) is 4. The molecule has 1 rings (SSSR count). The zero-order valence-corrected chi connectivity index (χ0v) is 10.1. The van der Waals surface area contributed by atoms with Crippen LogP contribution in [0.1, 0.15) is 10.4 Å². The zero-order chi connectivity index (χ0) is 12.8. The lowest BCUT2D eigenvalue weighted by Crippen LogP contribution is -2.44. The maximum absolute atomic E-state index is 11.8. The highest BCUT2D eigenvalue weighted by Gasteiger charge is 2.18. The van der Waals surface area contributed by atoms with Gasteiger partial charge in [-0.15, -0.1) is 0 Å². The Morgan fingerprint density at radius 2 is 1.88 bits per heavy atom. The molecule has 1 aromatic carbocycles. The molecular formula is C11H15N3O2S. The lowest BCUT2D eigenvalue weighted by atomic mass is 10.1. The van der Waals surface area contributed by atoms with Gasteiger partial charge in [0, 0.05) is 17.0 Å². The molecule has 0 aliphatic heterocycles. The molecule has 0 aromatic heterocycles. The van der Waals surface area contributed by atoms with Crippen molar-refractivity contribution in [3.63, 3.8) is 0 Å². The van der Waals surface area contributed by atoms with Crippen molar-refractivity contribution >= 4 is 30.0 Å². The molecule has 1 unspecified atom stereocenters. The fourth-order valence-corrected chi connectivity index (χ4v) is 1.54. The first-order chi connectivity index (χ1) is 8.08. The van der Waals surface area contributed by atoms with E-state index in [0.29, 0.717) is 11.3 Å². The zero-order valence-electron chi connectivity index (χ0n) is 9.22. The van der Waals surface area contributed by atoms with Gasteiger partial charge in [0.2, 0.25) is 0 Å². The van der Waals surface area contributed by atoms with E-state index in [0.717, 1.165) is 0 Å². The molecule has 1 aromatic rings. The number of Topliss-reactive ketones (excluding diaryl/α,β-unsaturated/α-hetero) is 1. The summed E-state index contributed by atoms with van der Waals surface area (Å²) in [4.78, 5) is 23.1. The van der Waals surface area contributed by atoms with E-state index >= 15 is 0 Å². The molecule has 6 heteroatoms. The summed E-state index contributed by atoms with van der Waals surface area (Å²) in [5, 5.41) is 2.57. The Bertz CT molecular complexity index is 406. The van der Waals surface area contributed by atoms with Crippen molar-refractivity contribution in [2.75, 3.05) is 18.0 Å². The van der Waals surface area contributed by atoms with Crippen molar-refractivity contribution in [2.45, 2.75) is 6.04 Å². The third-order valence-corrected chi connectivity index (χ3v) is 2.62. The molecule has 1 atom stereocenters. The van der Waals surface area contributed by atoms with Gasteiger partial charge < -0.3 is 16.8 Å². The first kappa shape index (κ1) is 13.5. The minimum atomic E-state index is -0.659. The van der Waals surface area contributed by atoms with E-state index in [1.54, 1.807) is 24.3 Å². The van der Waals surface area contributed by atoms with E-state index in [4.69, 9.17) is 11.5 Å². The number of ketones is 1. The second-order valence-electron chi connectivity index (χ2n) is 3.50. The van der Waals surface area contributed by atoms with Crippen LogP contribution < -0.4 is 16.8 Å². The fourth-order valence-electron chi connectivity index (χ4n) is 1.25. The highest BCUT2D eigenvalue weighted by Crippen LogP contribution is 2.05. The van der Waals surface area contributed by atoms with Gasteiger partial charge in [-0.2, -0.15) is 12.6 Å². The summed E-state index contributed by atoms with van der Waals surface area (Å²) >= 11 is 4.00. The van der Waals surface area contributed by atoms with Crippen LogP contribution in [0.15, 0.2) is 24.3 Å². The topological polar surface area (TPSA) is 98.2 Å². The Labute approximate surface area is 105 Å². The Morgan fingerprint density at radius 1 is 1.29 bits per heavy atom. The summed E-state index contributed by atoms with van der Waals surface area (Å²) in [6, 6.07) is 5.76. The molecule has 0 saturated heterocycles. The normalized spacial score (nSPS) is 11.9. The van der Waals surface area contributed by atoms with Crippen LogP contribution in [0, 0.1) is 0 Å². The van der Waals surface area contributed by atoms with Gasteiger partial charge in [-0.3, -0.25) is 9.59 Å². The molecule has 0 fully saturated rings. The van der Waals surface area contributed by atoms with Crippen molar-refractivity contribution in [1.29, 1.82) is 0 Å². The molecule has 5 nitrogen and oxygen atoms in total. The maximum atomic E-state index is 11.8. The first-order valence-electron chi connectivity index (χ1n) is 5.08. The SMILES string of the molecule is NCC(=O)C(CS)NC(=O)c1ccc(N)cc1. The number of nitrogens with two attached hydrogens (primary N) is 2. The van der Waals surface area contributed by atoms with Crippen LogP contribution in [-0.4, -0.2) is 30.0 Å². The van der Waals surface area contributed by atoms with Gasteiger partial charge in [0.1, 0.15) is 0 Å². The second kappa shape index (κ2) is 6.27. The van der Waals surface area contributed by atoms with Crippen LogP contribution in [-0.2, 0) is 4.79 Å². The van der Waals surface area contributed by atoms with Gasteiger partial charge >= 0.3 is 0 Å². The standard InChI is InChI=1S/C11H15N3O2S/c12-5-10(15)9(6-17)14-11(16)7-1-3-8(13)4-2-7/h1-4,9,17H,5-6,12-13H2,(H,14,16). The van der Waals surface area contributed by atoms with Crippen molar-refractivity contribution in [2.24, 2.45) is 5.73 Å². The largest absolute Gasteiger partial charge is 0.399 e. The number of amides is 1. The molecular weight excluding hydrogens is 238 g/mol. The van der Waals surface area contributed by atoms with Crippen molar-refractivity contribution < 1.29 is 9.59 Å². The summed E-state index contributed by atoms with van der Waals surface area (Å²) < 4.78 is 0. The summed E-state index contributed by atoms with van der Waals surface area (Å²) in [5.74, 6) is -0.369. The first-order valence-corrected chi connectivity index (χ1v) is 5.71. The predicted molar refractivity (Wildman–Crippen MR) is 70.0 cm³/mol. The van der Waals surface area contributed by atoms with E-state index in [2.05, 4.69) is 17.9 Å². The van der Waals surface area contributed by atoms with Crippen LogP contribution in [0.3, 0.4) is 0 Å². The van der Waals surface area contributed by atoms with Crippen molar-refractivity contribution in [3.8, 4) is 0 Å². The molecule has 0 radical (unpaired) electrons. The lowest BCUT2D eigenvalue weighted by Gasteiger charge is -2.14. The van der Waals surface area contributed by atoms with Crippen LogP contribution in [0.25, 0.3) is 0 Å². The van der Waals surface area contributed by atoms with Gasteiger partial charge in [0.15, 0.2) is 5.78 Å². The third kappa shape index (κ3) is 3.76. The van der Waals surface area contributed by atoms with E-state index in [-0.39, 0.29) is 24.0 Å². The van der Waals surface area contributed by atoms with Gasteiger partial charge in [-0.25, -0.2) is 0 Å². The van der Waals surface area contributed by atoms with Crippen molar-refractivity contribution in [3.05, 3.63) is 29.8 Å². The Morgan fingerprint density at radius 3 is 2.35 bits per heavy atom. The smallest absolute Gasteiger partial charge is 0.251 e. The molecule has 0 aliphatic carbocycles. The summed E-state index contributed by atoms with van der Waals surface area (Å²) in [5.41, 5.74) is 11.8. The van der Waals surface area contributed by atoms with Gasteiger partial charge in [0.25, 0.3) is 5.91 Å². The number of carbonyl (C=O) groups excluding carboxylic acids is 2. The molecule has 0 spiro atoms. The molecule has 5 N–H and O–H groups in total. The molecule has 92 valence electrons. The van der Waals surface area contributed by atoms with Gasteiger partial charge in [0.05, 0.1) is 12.6 Å². The van der Waals surface area contributed by atoms with Crippen LogP contribution in [0.4, 0.5) is 5.69 Å². The van der Waals surface area contributed by atoms with E-state index in [1.165, 1.54) is 0 Å². The Hall–Kier alpha value is -1.53. The number of nitrogen functional groups attached to an aromatic ring is 1. The number of anilines is 1. The number of thiol groups is 1. The number of hydrogen-bond acceptors (Lipinski definition) is 5. The second-order valence-corrected chi connectivity index (χ2v) is 3.87. The number of benzene rings is 1. The van der Waals surface area contributed by atoms with E-state index < -0.39 is 6.04 Å². The number of carbonyl (C=O) groups is 2. The highest BCUT2D eigenvalue weighted by atomic mass is 32.1. The van der Waals surface area contributed by atoms with Crippen LogP contribution >= 0.6 is 12.6 Å². The van der Waals surface area contributed by atoms with Crippen LogP contribution in [0.2, 0.25) is 0 Å². The Balaban J connectivity index is 2.71. The molecule has 0 bridgehead atoms. The predicted octanol–water partition coefficient (Wildman–Crippen LogP) is -0.175. The molecule has 0 heterocycles. The monoisotopic (exact) mass is 253 g/mol. The minimum Gasteiger partial charge on any atom is -0.399 e. The molecule has 1 amide bonds. The van der Waals surface area contributed by atoms with Crippen LogP contribution in [0.5, 0.6) is 0 Å². The number of rotatable bonds is 5. The molecule has 0 saturated carbocycles. The van der Waals surface area contributed by atoms with E-state index in [9.17, 15) is 9.59 Å². The average molecular weight is 253 g/mol. The third-order valence-electron chi connectivity index (χ3n) is 2.25. The van der Waals surface area contributed by atoms with Gasteiger partial charge in [-0.05, 0) is 24.3 Å². The van der Waals surface area contributed by atoms with Gasteiger partial charge in [-0.1, -0.05) is 0 Å². The molecule has 0 aliphatic rings. The summed E-state index contributed by atoms with van der Waals surface area (Å²) in [6.45, 7) is -0.118.